The van der Waals surface area contributed by atoms with Gasteiger partial charge in [0.2, 0.25) is 0 Å². The minimum atomic E-state index is 0.865. The molecule has 12 rings (SSSR count). The first-order chi connectivity index (χ1) is 27.8. The van der Waals surface area contributed by atoms with Crippen LogP contribution in [0, 0.1) is 0 Å². The largest absolute Gasteiger partial charge is 0.456 e. The molecule has 3 aromatic heterocycles. The van der Waals surface area contributed by atoms with Crippen LogP contribution in [0.3, 0.4) is 0 Å². The van der Waals surface area contributed by atoms with Gasteiger partial charge >= 0.3 is 0 Å². The molecule has 4 heteroatoms. The zero-order chi connectivity index (χ0) is 36.7. The number of hydrogen-bond donors (Lipinski definition) is 0. The molecule has 3 heterocycles. The summed E-state index contributed by atoms with van der Waals surface area (Å²) in [6.07, 6.45) is 0. The molecule has 0 bridgehead atoms. The summed E-state index contributed by atoms with van der Waals surface area (Å²) in [4.78, 5) is 2.36. The lowest BCUT2D eigenvalue weighted by Gasteiger charge is -2.26. The Balaban J connectivity index is 1.01. The molecule has 3 nitrogen and oxygen atoms in total. The number of fused-ring (bicyclic) bond motifs is 11. The third-order valence-corrected chi connectivity index (χ3v) is 12.5. The number of para-hydroxylation sites is 1. The van der Waals surface area contributed by atoms with Crippen molar-refractivity contribution in [3.8, 4) is 22.3 Å². The standard InChI is InChI=1S/C52H31NO2S/c1-2-11-38-32(10-1)26-31-43-49-37(14-8-19-46(49)55-51(38)43)33-22-27-35(28-23-33)53(44-17-9-20-47-50(44)42-13-3-5-18-45(42)54-47)36-29-24-34(25-30-36)39-15-7-16-41-40-12-4-6-21-48(40)56-52(39)41/h1-31H. The van der Waals surface area contributed by atoms with Gasteiger partial charge in [0.1, 0.15) is 22.3 Å². The average Bonchev–Trinajstić information content (AvgIpc) is 3.96. The Morgan fingerprint density at radius 1 is 0.375 bits per heavy atom. The molecule has 12 aromatic rings. The van der Waals surface area contributed by atoms with Crippen LogP contribution in [0.25, 0.3) is 97.1 Å². The summed E-state index contributed by atoms with van der Waals surface area (Å²) in [6, 6.07) is 67.2. The quantitative estimate of drug-likeness (QED) is 0.176. The summed E-state index contributed by atoms with van der Waals surface area (Å²) in [5.74, 6) is 0. The summed E-state index contributed by atoms with van der Waals surface area (Å²) in [7, 11) is 0. The van der Waals surface area contributed by atoms with Gasteiger partial charge in [0.15, 0.2) is 0 Å². The molecule has 0 unspecified atom stereocenters. The van der Waals surface area contributed by atoms with E-state index in [1.165, 1.54) is 36.7 Å². The minimum Gasteiger partial charge on any atom is -0.456 e. The van der Waals surface area contributed by atoms with Gasteiger partial charge < -0.3 is 13.7 Å². The maximum atomic E-state index is 6.54. The molecule has 56 heavy (non-hydrogen) atoms. The highest BCUT2D eigenvalue weighted by Crippen LogP contribution is 2.46. The second-order valence-corrected chi connectivity index (χ2v) is 15.5. The summed E-state index contributed by atoms with van der Waals surface area (Å²) >= 11 is 1.87. The lowest BCUT2D eigenvalue weighted by Crippen LogP contribution is -2.10. The maximum Gasteiger partial charge on any atom is 0.143 e. The van der Waals surface area contributed by atoms with Crippen LogP contribution in [0.15, 0.2) is 197 Å². The number of benzene rings is 9. The number of hydrogen-bond acceptors (Lipinski definition) is 4. The van der Waals surface area contributed by atoms with Crippen LogP contribution in [-0.4, -0.2) is 0 Å². The third kappa shape index (κ3) is 4.70. The van der Waals surface area contributed by atoms with Crippen LogP contribution in [0.5, 0.6) is 0 Å². The minimum absolute atomic E-state index is 0.865. The number of rotatable bonds is 5. The fraction of sp³-hybridized carbons (Fsp3) is 0. The highest BCUT2D eigenvalue weighted by atomic mass is 32.1. The summed E-state index contributed by atoms with van der Waals surface area (Å²) in [6.45, 7) is 0. The Morgan fingerprint density at radius 3 is 1.80 bits per heavy atom. The third-order valence-electron chi connectivity index (χ3n) is 11.3. The van der Waals surface area contributed by atoms with Crippen LogP contribution >= 0.6 is 11.3 Å². The summed E-state index contributed by atoms with van der Waals surface area (Å²) in [5, 5.41) is 9.38. The molecule has 0 amide bonds. The highest BCUT2D eigenvalue weighted by molar-refractivity contribution is 7.26. The van der Waals surface area contributed by atoms with E-state index >= 15 is 0 Å². The Kier molecular flexibility index (Phi) is 6.80. The molecule has 9 aromatic carbocycles. The van der Waals surface area contributed by atoms with E-state index in [1.54, 1.807) is 0 Å². The van der Waals surface area contributed by atoms with Crippen LogP contribution in [-0.2, 0) is 0 Å². The van der Waals surface area contributed by atoms with Crippen molar-refractivity contribution >= 4 is 103 Å². The topological polar surface area (TPSA) is 29.5 Å². The van der Waals surface area contributed by atoms with Gasteiger partial charge in [-0.2, -0.15) is 0 Å². The maximum absolute atomic E-state index is 6.54. The van der Waals surface area contributed by atoms with E-state index in [4.69, 9.17) is 8.83 Å². The fourth-order valence-corrected chi connectivity index (χ4v) is 9.96. The highest BCUT2D eigenvalue weighted by Gasteiger charge is 2.21. The first-order valence-corrected chi connectivity index (χ1v) is 19.7. The van der Waals surface area contributed by atoms with Crippen molar-refractivity contribution in [3.05, 3.63) is 188 Å². The Labute approximate surface area is 325 Å². The first kappa shape index (κ1) is 31.2. The lowest BCUT2D eigenvalue weighted by molar-refractivity contribution is 0.669. The van der Waals surface area contributed by atoms with Gasteiger partial charge in [-0.25, -0.2) is 0 Å². The average molecular weight is 734 g/mol. The smallest absolute Gasteiger partial charge is 0.143 e. The van der Waals surface area contributed by atoms with E-state index in [0.717, 1.165) is 77.5 Å². The number of furan rings is 2. The summed E-state index contributed by atoms with van der Waals surface area (Å²) < 4.78 is 15.6. The molecule has 0 radical (unpaired) electrons. The van der Waals surface area contributed by atoms with E-state index < -0.39 is 0 Å². The number of anilines is 3. The normalized spacial score (nSPS) is 11.9. The molecule has 0 atom stereocenters. The molecular weight excluding hydrogens is 703 g/mol. The van der Waals surface area contributed by atoms with Gasteiger partial charge in [0.25, 0.3) is 0 Å². The van der Waals surface area contributed by atoms with Crippen molar-refractivity contribution in [2.75, 3.05) is 4.90 Å². The molecule has 0 aliphatic heterocycles. The van der Waals surface area contributed by atoms with Crippen LogP contribution in [0.4, 0.5) is 17.1 Å². The SMILES string of the molecule is c1ccc2c(c1)ccc1c2oc2cccc(-c3ccc(N(c4ccc(-c5cccc6c5sc5ccccc56)cc4)c4cccc5oc6ccccc6c45)cc3)c21. The zero-order valence-corrected chi connectivity index (χ0v) is 30.9. The monoisotopic (exact) mass is 733 g/mol. The molecular formula is C52H31NO2S. The molecule has 0 saturated carbocycles. The van der Waals surface area contributed by atoms with E-state index in [9.17, 15) is 0 Å². The predicted octanol–water partition coefficient (Wildman–Crippen LogP) is 15.8. The van der Waals surface area contributed by atoms with Crippen molar-refractivity contribution in [3.63, 3.8) is 0 Å². The Morgan fingerprint density at radius 2 is 0.982 bits per heavy atom. The molecule has 262 valence electrons. The number of nitrogens with zero attached hydrogens (tertiary/aromatic N) is 1. The molecule has 0 aliphatic carbocycles. The molecule has 0 N–H and O–H groups in total. The predicted molar refractivity (Wildman–Crippen MR) is 237 cm³/mol. The van der Waals surface area contributed by atoms with Gasteiger partial charge in [-0.15, -0.1) is 11.3 Å². The van der Waals surface area contributed by atoms with Crippen molar-refractivity contribution < 1.29 is 8.83 Å². The fourth-order valence-electron chi connectivity index (χ4n) is 8.72. The van der Waals surface area contributed by atoms with Crippen molar-refractivity contribution in [2.45, 2.75) is 0 Å². The van der Waals surface area contributed by atoms with Gasteiger partial charge in [-0.05, 0) is 88.3 Å². The van der Waals surface area contributed by atoms with Crippen LogP contribution < -0.4 is 4.90 Å². The van der Waals surface area contributed by atoms with Gasteiger partial charge in [-0.3, -0.25) is 0 Å². The van der Waals surface area contributed by atoms with Crippen molar-refractivity contribution in [1.82, 2.24) is 0 Å². The van der Waals surface area contributed by atoms with Gasteiger partial charge in [-0.1, -0.05) is 127 Å². The van der Waals surface area contributed by atoms with E-state index in [2.05, 4.69) is 181 Å². The summed E-state index contributed by atoms with van der Waals surface area (Å²) in [5.41, 5.74) is 11.5. The van der Waals surface area contributed by atoms with Crippen molar-refractivity contribution in [1.29, 1.82) is 0 Å². The second-order valence-electron chi connectivity index (χ2n) is 14.4. The second kappa shape index (κ2) is 12.2. The van der Waals surface area contributed by atoms with Gasteiger partial charge in [0.05, 0.1) is 11.1 Å². The van der Waals surface area contributed by atoms with E-state index in [0.29, 0.717) is 0 Å². The molecule has 0 aliphatic rings. The molecule has 0 fully saturated rings. The van der Waals surface area contributed by atoms with Crippen LogP contribution in [0.2, 0.25) is 0 Å². The first-order valence-electron chi connectivity index (χ1n) is 18.9. The number of thiophene rings is 1. The van der Waals surface area contributed by atoms with Gasteiger partial charge in [0, 0.05) is 53.1 Å². The lowest BCUT2D eigenvalue weighted by atomic mass is 9.97. The Hall–Kier alpha value is -7.14. The molecule has 0 spiro atoms. The molecule has 0 saturated heterocycles. The van der Waals surface area contributed by atoms with E-state index in [1.807, 2.05) is 23.5 Å². The van der Waals surface area contributed by atoms with Crippen molar-refractivity contribution in [2.24, 2.45) is 0 Å². The van der Waals surface area contributed by atoms with E-state index in [-0.39, 0.29) is 0 Å². The Bertz CT molecular complexity index is 3480. The van der Waals surface area contributed by atoms with Crippen LogP contribution in [0.1, 0.15) is 0 Å². The zero-order valence-electron chi connectivity index (χ0n) is 30.1.